The fraction of sp³-hybridized carbons (Fsp3) is 0.353. The van der Waals surface area contributed by atoms with E-state index >= 15 is 0 Å². The van der Waals surface area contributed by atoms with Crippen LogP contribution < -0.4 is 5.32 Å². The van der Waals surface area contributed by atoms with E-state index in [1.165, 1.54) is 19.9 Å². The van der Waals surface area contributed by atoms with E-state index in [2.05, 4.69) is 5.32 Å². The van der Waals surface area contributed by atoms with Gasteiger partial charge in [0.1, 0.15) is 6.10 Å². The van der Waals surface area contributed by atoms with E-state index in [-0.39, 0.29) is 17.3 Å². The van der Waals surface area contributed by atoms with Crippen LogP contribution in [0.4, 0.5) is 5.69 Å². The van der Waals surface area contributed by atoms with Crippen LogP contribution >= 0.6 is 11.6 Å². The van der Waals surface area contributed by atoms with E-state index in [1.54, 1.807) is 18.2 Å². The van der Waals surface area contributed by atoms with E-state index in [1.807, 2.05) is 0 Å². The van der Waals surface area contributed by atoms with Crippen molar-refractivity contribution in [2.45, 2.75) is 39.2 Å². The molecule has 1 aliphatic carbocycles. The number of carbonyl (C=O) groups is 3. The van der Waals surface area contributed by atoms with Crippen molar-refractivity contribution >= 4 is 34.9 Å². The maximum absolute atomic E-state index is 12.9. The average molecular weight is 336 g/mol. The second-order valence-electron chi connectivity index (χ2n) is 5.39. The first-order valence-electron chi connectivity index (χ1n) is 7.37. The molecule has 1 unspecified atom stereocenters. The summed E-state index contributed by atoms with van der Waals surface area (Å²) < 4.78 is 5.25. The van der Waals surface area contributed by atoms with Gasteiger partial charge >= 0.3 is 5.97 Å². The van der Waals surface area contributed by atoms with Crippen LogP contribution in [-0.4, -0.2) is 23.8 Å². The second-order valence-corrected chi connectivity index (χ2v) is 5.83. The molecule has 0 saturated carbocycles. The molecule has 1 amide bonds. The number of hydrogen-bond acceptors (Lipinski definition) is 4. The predicted octanol–water partition coefficient (Wildman–Crippen LogP) is 3.52. The first-order valence-corrected chi connectivity index (χ1v) is 7.75. The molecule has 0 fully saturated rings. The molecule has 2 rings (SSSR count). The Balaban J connectivity index is 2.38. The Morgan fingerprint density at radius 2 is 2.00 bits per heavy atom. The zero-order chi connectivity index (χ0) is 17.0. The second kappa shape index (κ2) is 7.42. The number of anilines is 1. The molecule has 5 nitrogen and oxygen atoms in total. The number of hydrogen-bond donors (Lipinski definition) is 1. The van der Waals surface area contributed by atoms with Crippen molar-refractivity contribution in [2.75, 3.05) is 5.32 Å². The molecular weight excluding hydrogens is 318 g/mol. The number of amides is 1. The molecule has 23 heavy (non-hydrogen) atoms. The van der Waals surface area contributed by atoms with Crippen molar-refractivity contribution in [1.82, 2.24) is 0 Å². The van der Waals surface area contributed by atoms with Crippen molar-refractivity contribution in [3.05, 3.63) is 40.4 Å². The number of benzene rings is 1. The first kappa shape index (κ1) is 17.2. The summed E-state index contributed by atoms with van der Waals surface area (Å²) in [6.45, 7) is 2.68. The first-order chi connectivity index (χ1) is 10.9. The van der Waals surface area contributed by atoms with Crippen LogP contribution in [0, 0.1) is 0 Å². The Hall–Kier alpha value is -2.14. The van der Waals surface area contributed by atoms with Crippen LogP contribution in [0.5, 0.6) is 0 Å². The van der Waals surface area contributed by atoms with Crippen LogP contribution in [0.3, 0.4) is 0 Å². The Kier molecular flexibility index (Phi) is 5.55. The van der Waals surface area contributed by atoms with E-state index < -0.39 is 12.1 Å². The molecule has 1 atom stereocenters. The minimum Gasteiger partial charge on any atom is -0.458 e. The molecule has 0 heterocycles. The van der Waals surface area contributed by atoms with Gasteiger partial charge in [-0.15, -0.1) is 0 Å². The lowest BCUT2D eigenvalue weighted by molar-refractivity contribution is -0.144. The summed E-state index contributed by atoms with van der Waals surface area (Å²) in [5.41, 5.74) is 1.11. The van der Waals surface area contributed by atoms with Crippen LogP contribution in [-0.2, 0) is 14.3 Å². The zero-order valence-corrected chi connectivity index (χ0v) is 13.8. The van der Waals surface area contributed by atoms with Gasteiger partial charge in [-0.25, -0.2) is 0 Å². The third kappa shape index (κ3) is 4.42. The summed E-state index contributed by atoms with van der Waals surface area (Å²) >= 11 is 5.99. The fourth-order valence-corrected chi connectivity index (χ4v) is 2.74. The third-order valence-electron chi connectivity index (χ3n) is 3.49. The van der Waals surface area contributed by atoms with Crippen molar-refractivity contribution in [2.24, 2.45) is 0 Å². The van der Waals surface area contributed by atoms with Gasteiger partial charge < -0.3 is 10.1 Å². The number of carbonyl (C=O) groups excluding carboxylic acids is 3. The molecule has 0 bridgehead atoms. The number of Topliss-reactive ketones (excluding diaryl/α,β-unsaturated/α-hetero) is 1. The number of rotatable bonds is 4. The largest absolute Gasteiger partial charge is 0.458 e. The van der Waals surface area contributed by atoms with E-state index in [9.17, 15) is 14.4 Å². The standard InChI is InChI=1S/C17H18ClNO4/c1-10(20)19-15-8-7-12(18)9-14(15)17(22)13-5-3-4-6-16(13)23-11(2)21/h5,7-9,16H,3-4,6H2,1-2H3,(H,19,20). The highest BCUT2D eigenvalue weighted by atomic mass is 35.5. The van der Waals surface area contributed by atoms with Crippen molar-refractivity contribution in [3.8, 4) is 0 Å². The van der Waals surface area contributed by atoms with Crippen molar-refractivity contribution in [1.29, 1.82) is 0 Å². The molecule has 6 heteroatoms. The average Bonchev–Trinajstić information content (AvgIpc) is 2.48. The summed E-state index contributed by atoms with van der Waals surface area (Å²) in [4.78, 5) is 35.4. The number of ketones is 1. The third-order valence-corrected chi connectivity index (χ3v) is 3.72. The number of esters is 1. The molecule has 1 N–H and O–H groups in total. The van der Waals surface area contributed by atoms with E-state index in [0.29, 0.717) is 22.7 Å². The molecule has 0 aliphatic heterocycles. The quantitative estimate of drug-likeness (QED) is 0.675. The van der Waals surface area contributed by atoms with Crippen LogP contribution in [0.25, 0.3) is 0 Å². The van der Waals surface area contributed by atoms with Gasteiger partial charge in [0, 0.05) is 30.0 Å². The van der Waals surface area contributed by atoms with Gasteiger partial charge in [0.05, 0.1) is 5.69 Å². The highest BCUT2D eigenvalue weighted by Gasteiger charge is 2.28. The highest BCUT2D eigenvalue weighted by molar-refractivity contribution is 6.31. The molecule has 0 aromatic heterocycles. The Bertz CT molecular complexity index is 681. The Morgan fingerprint density at radius 3 is 2.65 bits per heavy atom. The molecule has 1 aromatic carbocycles. The minimum absolute atomic E-state index is 0.282. The van der Waals surface area contributed by atoms with Gasteiger partial charge in [-0.1, -0.05) is 17.7 Å². The van der Waals surface area contributed by atoms with Crippen LogP contribution in [0.15, 0.2) is 29.8 Å². The number of allylic oxidation sites excluding steroid dienone is 1. The van der Waals surface area contributed by atoms with Crippen LogP contribution in [0.2, 0.25) is 5.02 Å². The van der Waals surface area contributed by atoms with Gasteiger partial charge in [-0.2, -0.15) is 0 Å². The van der Waals surface area contributed by atoms with E-state index in [4.69, 9.17) is 16.3 Å². The summed E-state index contributed by atoms with van der Waals surface area (Å²) in [6.07, 6.45) is 3.43. The summed E-state index contributed by atoms with van der Waals surface area (Å²) in [5, 5.41) is 3.01. The highest BCUT2D eigenvalue weighted by Crippen LogP contribution is 2.29. The molecular formula is C17H18ClNO4. The predicted molar refractivity (Wildman–Crippen MR) is 87.6 cm³/mol. The molecule has 0 radical (unpaired) electrons. The fourth-order valence-electron chi connectivity index (χ4n) is 2.57. The molecule has 0 spiro atoms. The molecule has 1 aliphatic rings. The lowest BCUT2D eigenvalue weighted by Gasteiger charge is -2.23. The lowest BCUT2D eigenvalue weighted by atomic mass is 9.89. The molecule has 122 valence electrons. The molecule has 1 aromatic rings. The number of nitrogens with one attached hydrogen (secondary N) is 1. The number of halogens is 1. The summed E-state index contributed by atoms with van der Waals surface area (Å²) in [7, 11) is 0. The minimum atomic E-state index is -0.557. The summed E-state index contributed by atoms with van der Waals surface area (Å²) in [6, 6.07) is 4.69. The smallest absolute Gasteiger partial charge is 0.303 e. The normalized spacial score (nSPS) is 17.2. The molecule has 0 saturated heterocycles. The Morgan fingerprint density at radius 1 is 1.26 bits per heavy atom. The van der Waals surface area contributed by atoms with Gasteiger partial charge in [0.15, 0.2) is 5.78 Å². The maximum Gasteiger partial charge on any atom is 0.303 e. The van der Waals surface area contributed by atoms with Gasteiger partial charge in [0.25, 0.3) is 0 Å². The summed E-state index contributed by atoms with van der Waals surface area (Å²) in [5.74, 6) is -0.999. The van der Waals surface area contributed by atoms with Crippen molar-refractivity contribution in [3.63, 3.8) is 0 Å². The van der Waals surface area contributed by atoms with Gasteiger partial charge in [-0.05, 0) is 37.5 Å². The maximum atomic E-state index is 12.9. The van der Waals surface area contributed by atoms with Gasteiger partial charge in [-0.3, -0.25) is 14.4 Å². The van der Waals surface area contributed by atoms with Crippen LogP contribution in [0.1, 0.15) is 43.5 Å². The number of ether oxygens (including phenoxy) is 1. The van der Waals surface area contributed by atoms with Gasteiger partial charge in [0.2, 0.25) is 5.91 Å². The topological polar surface area (TPSA) is 72.5 Å². The van der Waals surface area contributed by atoms with E-state index in [0.717, 1.165) is 12.8 Å². The monoisotopic (exact) mass is 335 g/mol. The van der Waals surface area contributed by atoms with Crippen molar-refractivity contribution < 1.29 is 19.1 Å². The zero-order valence-electron chi connectivity index (χ0n) is 13.0. The lowest BCUT2D eigenvalue weighted by Crippen LogP contribution is -2.27. The Labute approximate surface area is 139 Å². The SMILES string of the molecule is CC(=O)Nc1ccc(Cl)cc1C(=O)C1=CCCCC1OC(C)=O.